The zero-order valence-corrected chi connectivity index (χ0v) is 24.0. The normalized spacial score (nSPS) is 12.0. The van der Waals surface area contributed by atoms with Crippen LogP contribution in [-0.2, 0) is 24.3 Å². The molecule has 1 aromatic heterocycles. The van der Waals surface area contributed by atoms with Crippen molar-refractivity contribution in [1.82, 2.24) is 14.9 Å². The van der Waals surface area contributed by atoms with E-state index in [1.54, 1.807) is 30.3 Å². The summed E-state index contributed by atoms with van der Waals surface area (Å²) in [7, 11) is 0. The van der Waals surface area contributed by atoms with Gasteiger partial charge in [-0.25, -0.2) is 4.79 Å². The fourth-order valence-corrected chi connectivity index (χ4v) is 4.99. The Morgan fingerprint density at radius 3 is 2.55 bits per heavy atom. The summed E-state index contributed by atoms with van der Waals surface area (Å²) < 4.78 is 7.93. The van der Waals surface area contributed by atoms with Gasteiger partial charge in [0.15, 0.2) is 0 Å². The minimum atomic E-state index is -0.993. The Morgan fingerprint density at radius 2 is 1.92 bits per heavy atom. The van der Waals surface area contributed by atoms with Crippen molar-refractivity contribution < 1.29 is 19.4 Å². The van der Waals surface area contributed by atoms with Gasteiger partial charge in [0.25, 0.3) is 6.01 Å². The molecule has 0 fully saturated rings. The minimum absolute atomic E-state index is 0.118. The molecule has 0 aliphatic carbocycles. The maximum absolute atomic E-state index is 12.7. The fraction of sp³-hybridized carbons (Fsp3) is 0.414. The number of aromatic carboxylic acids is 1. The van der Waals surface area contributed by atoms with Crippen LogP contribution in [0.5, 0.6) is 6.01 Å². The zero-order chi connectivity index (χ0) is 27.8. The number of nitrogens with zero attached hydrogens (tertiary/aromatic N) is 2. The minimum Gasteiger partial charge on any atom is -0.478 e. The molecule has 3 rings (SSSR count). The lowest BCUT2D eigenvalue weighted by molar-refractivity contribution is -0.121. The summed E-state index contributed by atoms with van der Waals surface area (Å²) in [5, 5.41) is 12.7. The molecule has 3 aromatic rings. The van der Waals surface area contributed by atoms with Gasteiger partial charge in [-0.3, -0.25) is 9.36 Å². The molecule has 1 amide bonds. The van der Waals surface area contributed by atoms with Crippen LogP contribution < -0.4 is 10.1 Å². The molecule has 0 aliphatic heterocycles. The molecule has 0 aliphatic rings. The van der Waals surface area contributed by atoms with Crippen LogP contribution in [0.2, 0.25) is 5.02 Å². The van der Waals surface area contributed by atoms with E-state index in [2.05, 4.69) is 31.8 Å². The summed E-state index contributed by atoms with van der Waals surface area (Å²) in [6.07, 6.45) is 2.19. The number of carbonyl (C=O) groups is 2. The largest absolute Gasteiger partial charge is 0.478 e. The first-order valence-electron chi connectivity index (χ1n) is 12.9. The Morgan fingerprint density at radius 1 is 1.18 bits per heavy atom. The highest BCUT2D eigenvalue weighted by atomic mass is 35.5. The van der Waals surface area contributed by atoms with E-state index in [1.807, 2.05) is 30.5 Å². The van der Waals surface area contributed by atoms with Gasteiger partial charge in [-0.05, 0) is 54.0 Å². The molecule has 1 atom stereocenters. The third kappa shape index (κ3) is 7.32. The molecule has 7 nitrogen and oxygen atoms in total. The van der Waals surface area contributed by atoms with Gasteiger partial charge in [0.05, 0.1) is 41.9 Å². The van der Waals surface area contributed by atoms with Crippen molar-refractivity contribution >= 4 is 36.1 Å². The summed E-state index contributed by atoms with van der Waals surface area (Å²) in [5.41, 5.74) is 4.06. The van der Waals surface area contributed by atoms with E-state index in [0.717, 1.165) is 28.9 Å². The molecule has 2 N–H and O–H groups in total. The number of hydrogen-bond acceptors (Lipinski definition) is 5. The Kier molecular flexibility index (Phi) is 10.7. The van der Waals surface area contributed by atoms with E-state index >= 15 is 0 Å². The van der Waals surface area contributed by atoms with Crippen LogP contribution in [0.15, 0.2) is 42.5 Å². The molecule has 2 aromatic carbocycles. The summed E-state index contributed by atoms with van der Waals surface area (Å²) >= 11 is 11.2. The monoisotopic (exact) mass is 557 g/mol. The van der Waals surface area contributed by atoms with E-state index in [1.165, 1.54) is 0 Å². The quantitative estimate of drug-likeness (QED) is 0.216. The van der Waals surface area contributed by atoms with Crippen LogP contribution in [0.4, 0.5) is 0 Å². The lowest BCUT2D eigenvalue weighted by Crippen LogP contribution is -2.32. The highest BCUT2D eigenvalue weighted by Gasteiger charge is 2.21. The number of rotatable bonds is 13. The first-order valence-corrected chi connectivity index (χ1v) is 13.8. The number of carbonyl (C=O) groups excluding carboxylic acids is 1. The summed E-state index contributed by atoms with van der Waals surface area (Å²) in [6, 6.07) is 12.9. The van der Waals surface area contributed by atoms with Crippen LogP contribution in [0, 0.1) is 5.92 Å². The van der Waals surface area contributed by atoms with Crippen molar-refractivity contribution in [3.8, 4) is 17.1 Å². The van der Waals surface area contributed by atoms with Crippen LogP contribution >= 0.6 is 24.2 Å². The number of carboxylic acids is 1. The second-order valence-electron chi connectivity index (χ2n) is 9.60. The Balaban J connectivity index is 1.94. The fourth-order valence-electron chi connectivity index (χ4n) is 4.24. The molecule has 9 heteroatoms. The van der Waals surface area contributed by atoms with Crippen LogP contribution in [0.25, 0.3) is 11.1 Å². The van der Waals surface area contributed by atoms with E-state index in [0.29, 0.717) is 55.1 Å². The van der Waals surface area contributed by atoms with Crippen molar-refractivity contribution in [3.05, 3.63) is 70.0 Å². The number of imidazole rings is 1. The van der Waals surface area contributed by atoms with Crippen molar-refractivity contribution in [2.45, 2.75) is 65.3 Å². The average Bonchev–Trinajstić information content (AvgIpc) is 3.22. The number of aromatic nitrogens is 2. The smallest absolute Gasteiger partial charge is 0.336 e. The number of amides is 1. The lowest BCUT2D eigenvalue weighted by atomic mass is 9.98. The molecule has 0 unspecified atom stereocenters. The van der Waals surface area contributed by atoms with Gasteiger partial charge >= 0.3 is 5.97 Å². The van der Waals surface area contributed by atoms with Crippen molar-refractivity contribution in [1.29, 1.82) is 0 Å². The molecule has 0 bridgehead atoms. The molecular weight excluding hydrogens is 522 g/mol. The van der Waals surface area contributed by atoms with Crippen LogP contribution in [0.3, 0.4) is 0 Å². The average molecular weight is 558 g/mol. The Labute approximate surface area is 235 Å². The zero-order valence-electron chi connectivity index (χ0n) is 22.3. The lowest BCUT2D eigenvalue weighted by Gasteiger charge is -2.17. The van der Waals surface area contributed by atoms with Crippen molar-refractivity contribution in [2.24, 2.45) is 5.92 Å². The predicted octanol–water partition coefficient (Wildman–Crippen LogP) is 6.26. The summed E-state index contributed by atoms with van der Waals surface area (Å²) in [4.78, 5) is 29.1. The topological polar surface area (TPSA) is 93.5 Å². The Bertz CT molecular complexity index is 1270. The third-order valence-electron chi connectivity index (χ3n) is 6.17. The highest BCUT2D eigenvalue weighted by Crippen LogP contribution is 2.30. The van der Waals surface area contributed by atoms with Gasteiger partial charge in [-0.15, -0.1) is 0 Å². The maximum atomic E-state index is 12.7. The molecule has 0 spiro atoms. The third-order valence-corrected chi connectivity index (χ3v) is 6.97. The first-order chi connectivity index (χ1) is 18.2. The SMILES string of the molecule is CCCOc1nc(CC)c(CNC(=O)[C@@H](S)CC(C)C)n1Cc1ccc(-c2ccccc2C(=O)O)cc1Cl. The van der Waals surface area contributed by atoms with Gasteiger partial charge in [-0.1, -0.05) is 69.6 Å². The molecule has 204 valence electrons. The highest BCUT2D eigenvalue weighted by molar-refractivity contribution is 7.81. The number of ether oxygens (including phenoxy) is 1. The molecular formula is C29H36ClN3O4S. The van der Waals surface area contributed by atoms with E-state index < -0.39 is 5.97 Å². The second-order valence-corrected chi connectivity index (χ2v) is 10.6. The number of carboxylic acid groups (broad SMARTS) is 1. The predicted molar refractivity (Wildman–Crippen MR) is 154 cm³/mol. The van der Waals surface area contributed by atoms with Gasteiger partial charge in [0.2, 0.25) is 5.91 Å². The van der Waals surface area contributed by atoms with Crippen LogP contribution in [-0.4, -0.2) is 38.4 Å². The summed E-state index contributed by atoms with van der Waals surface area (Å²) in [5.74, 6) is -0.749. The number of thiol groups is 1. The Hall–Kier alpha value is -2.97. The van der Waals surface area contributed by atoms with Crippen molar-refractivity contribution in [2.75, 3.05) is 6.61 Å². The van der Waals surface area contributed by atoms with Gasteiger partial charge in [0.1, 0.15) is 0 Å². The van der Waals surface area contributed by atoms with Crippen LogP contribution in [0.1, 0.15) is 67.8 Å². The standard InChI is InChI=1S/C29H36ClN3O4S/c1-5-13-37-29-32-24(6-2)25(16-31-27(34)26(38)14-18(3)4)33(29)17-20-12-11-19(15-23(20)30)21-9-7-8-10-22(21)28(35)36/h7-12,15,18,26,38H,5-6,13-14,16-17H2,1-4H3,(H,31,34)(H,35,36)/t26-/m0/s1. The van der Waals surface area contributed by atoms with Crippen molar-refractivity contribution in [3.63, 3.8) is 0 Å². The molecule has 1 heterocycles. The number of aryl methyl sites for hydroxylation is 1. The van der Waals surface area contributed by atoms with E-state index in [4.69, 9.17) is 21.3 Å². The molecule has 0 saturated carbocycles. The van der Waals surface area contributed by atoms with Gasteiger partial charge < -0.3 is 15.2 Å². The first kappa shape index (κ1) is 29.6. The van der Waals surface area contributed by atoms with Gasteiger partial charge in [-0.2, -0.15) is 17.6 Å². The molecule has 38 heavy (non-hydrogen) atoms. The summed E-state index contributed by atoms with van der Waals surface area (Å²) in [6.45, 7) is 9.36. The maximum Gasteiger partial charge on any atom is 0.336 e. The number of halogens is 1. The molecule has 0 saturated heterocycles. The van der Waals surface area contributed by atoms with E-state index in [9.17, 15) is 14.7 Å². The number of benzene rings is 2. The second kappa shape index (κ2) is 13.7. The van der Waals surface area contributed by atoms with Gasteiger partial charge in [0, 0.05) is 5.02 Å². The number of nitrogens with one attached hydrogen (secondary N) is 1. The molecule has 0 radical (unpaired) electrons. The number of hydrogen-bond donors (Lipinski definition) is 3. The van der Waals surface area contributed by atoms with E-state index in [-0.39, 0.29) is 16.7 Å².